The van der Waals surface area contributed by atoms with Crippen molar-refractivity contribution in [1.29, 1.82) is 0 Å². The largest absolute Gasteiger partial charge is 0.393 e. The molecule has 0 aromatic heterocycles. The molecule has 1 saturated heterocycles. The Hall–Kier alpha value is -3.17. The highest BCUT2D eigenvalue weighted by molar-refractivity contribution is 7.45. The van der Waals surface area contributed by atoms with E-state index in [0.717, 1.165) is 5.56 Å². The average Bonchev–Trinajstić information content (AvgIpc) is 3.44. The Morgan fingerprint density at radius 2 is 1.85 bits per heavy atom. The van der Waals surface area contributed by atoms with Gasteiger partial charge in [0.2, 0.25) is 29.9 Å². The van der Waals surface area contributed by atoms with Gasteiger partial charge in [-0.3, -0.25) is 24.1 Å². The summed E-state index contributed by atoms with van der Waals surface area (Å²) >= 11 is 0. The van der Waals surface area contributed by atoms with Crippen LogP contribution >= 0.6 is 7.80 Å². The summed E-state index contributed by atoms with van der Waals surface area (Å²) < 4.78 is 13.0. The molecule has 1 fully saturated rings. The average molecular weight is 592 g/mol. The first kappa shape index (κ1) is 34.0. The van der Waals surface area contributed by atoms with E-state index in [4.69, 9.17) is 0 Å². The first-order valence-corrected chi connectivity index (χ1v) is 15.7. The lowest BCUT2D eigenvalue weighted by molar-refractivity contribution is -0.138. The van der Waals surface area contributed by atoms with E-state index in [1.165, 1.54) is 23.6 Å². The minimum absolute atomic E-state index is 0.107. The third-order valence-corrected chi connectivity index (χ3v) is 8.52. The summed E-state index contributed by atoms with van der Waals surface area (Å²) in [6, 6.07) is 7.34. The van der Waals surface area contributed by atoms with Crippen LogP contribution in [-0.2, 0) is 35.0 Å². The molecule has 1 heterocycles. The van der Waals surface area contributed by atoms with Crippen LogP contribution in [-0.4, -0.2) is 88.2 Å². The molecule has 226 valence electrons. The third kappa shape index (κ3) is 11.0. The van der Waals surface area contributed by atoms with E-state index in [1.807, 2.05) is 44.2 Å². The lowest BCUT2D eigenvalue weighted by Gasteiger charge is -2.26. The second kappa shape index (κ2) is 16.9. The Kier molecular flexibility index (Phi) is 14.1. The molecule has 5 atom stereocenters. The molecule has 0 saturated carbocycles. The van der Waals surface area contributed by atoms with Gasteiger partial charge in [-0.2, -0.15) is 0 Å². The number of hydrogen-bond acceptors (Lipinski definition) is 7. The first-order valence-electron chi connectivity index (χ1n) is 14.2. The molecule has 2 unspecified atom stereocenters. The molecular weight excluding hydrogens is 547 g/mol. The fourth-order valence-electron chi connectivity index (χ4n) is 4.82. The number of nitrogens with one attached hydrogen (secondary N) is 2. The number of likely N-dealkylation sites (tertiary alicyclic amines) is 1. The molecule has 12 heteroatoms. The molecular formula is C29H44N4O7P+. The van der Waals surface area contributed by atoms with Gasteiger partial charge < -0.3 is 25.4 Å². The van der Waals surface area contributed by atoms with Gasteiger partial charge in [-0.15, -0.1) is 0 Å². The second-order valence-corrected chi connectivity index (χ2v) is 12.6. The van der Waals surface area contributed by atoms with Crippen molar-refractivity contribution in [2.75, 3.05) is 19.4 Å². The molecule has 11 nitrogen and oxygen atoms in total. The van der Waals surface area contributed by atoms with Gasteiger partial charge in [-0.25, -0.2) is 0 Å². The van der Waals surface area contributed by atoms with Crippen molar-refractivity contribution in [3.8, 4) is 0 Å². The van der Waals surface area contributed by atoms with Gasteiger partial charge in [0.05, 0.1) is 12.6 Å². The van der Waals surface area contributed by atoms with Gasteiger partial charge in [0, 0.05) is 19.9 Å². The molecule has 0 bridgehead atoms. The second-order valence-electron chi connectivity index (χ2n) is 10.9. The Morgan fingerprint density at radius 3 is 2.46 bits per heavy atom. The Bertz CT molecular complexity index is 1070. The molecule has 4 amide bonds. The molecule has 1 aromatic carbocycles. The number of amides is 4. The molecule has 1 aliphatic rings. The molecule has 0 spiro atoms. The minimum atomic E-state index is -2.42. The zero-order chi connectivity index (χ0) is 30.5. The van der Waals surface area contributed by atoms with E-state index >= 15 is 0 Å². The van der Waals surface area contributed by atoms with E-state index < -0.39 is 43.6 Å². The van der Waals surface area contributed by atoms with Crippen molar-refractivity contribution in [3.63, 3.8) is 0 Å². The summed E-state index contributed by atoms with van der Waals surface area (Å²) in [5.41, 5.74) is 1.09. The highest BCUT2D eigenvalue weighted by atomic mass is 31.1. The van der Waals surface area contributed by atoms with E-state index in [1.54, 1.807) is 0 Å². The monoisotopic (exact) mass is 591 g/mol. The van der Waals surface area contributed by atoms with Crippen LogP contribution in [0.15, 0.2) is 30.3 Å². The standard InChI is InChI=1S/C29H43N4O7P/c1-20(2)16-24(18-34)33(26(36)14-8-12-23-10-6-5-7-11-23)19-41(40)27(37)17-30-28(38)21(3)31-29(39)25-13-9-15-32(25)22(4)35/h5-7,10-11,18,20-21,24-25,27,37H,8-9,12-17,19H2,1-4H3,(H-,30,31,38,39)/p+1/t21-,24-,25-,27?/m0/s1. The number of carbonyl (C=O) groups is 5. The van der Waals surface area contributed by atoms with Crippen LogP contribution in [0.5, 0.6) is 0 Å². The Balaban J connectivity index is 1.92. The van der Waals surface area contributed by atoms with Gasteiger partial charge >= 0.3 is 7.80 Å². The van der Waals surface area contributed by atoms with Crippen molar-refractivity contribution in [3.05, 3.63) is 35.9 Å². The lowest BCUT2D eigenvalue weighted by Crippen LogP contribution is -2.52. The normalized spacial score (nSPS) is 17.4. The number of rotatable bonds is 16. The zero-order valence-corrected chi connectivity index (χ0v) is 25.3. The number of aliphatic hydroxyl groups is 1. The van der Waals surface area contributed by atoms with Crippen LogP contribution in [0.3, 0.4) is 0 Å². The summed E-state index contributed by atoms with van der Waals surface area (Å²) in [7, 11) is -2.42. The molecule has 1 aliphatic heterocycles. The fraction of sp³-hybridized carbons (Fsp3) is 0.621. The molecule has 41 heavy (non-hydrogen) atoms. The fourth-order valence-corrected chi connectivity index (χ4v) is 5.97. The number of aldehydes is 1. The van der Waals surface area contributed by atoms with E-state index in [2.05, 4.69) is 10.6 Å². The first-order chi connectivity index (χ1) is 19.4. The minimum Gasteiger partial charge on any atom is -0.349 e. The highest BCUT2D eigenvalue weighted by Gasteiger charge is 2.37. The number of carbonyl (C=O) groups excluding carboxylic acids is 5. The summed E-state index contributed by atoms with van der Waals surface area (Å²) in [5.74, 6) is -2.91. The summed E-state index contributed by atoms with van der Waals surface area (Å²) in [4.78, 5) is 64.6. The highest BCUT2D eigenvalue weighted by Crippen LogP contribution is 2.29. The van der Waals surface area contributed by atoms with E-state index in [9.17, 15) is 33.6 Å². The number of benzene rings is 1. The van der Waals surface area contributed by atoms with Crippen molar-refractivity contribution in [2.45, 2.75) is 90.2 Å². The molecule has 0 radical (unpaired) electrons. The number of hydrogen-bond donors (Lipinski definition) is 3. The maximum Gasteiger partial charge on any atom is 0.393 e. The molecule has 3 N–H and O–H groups in total. The Labute approximate surface area is 243 Å². The predicted octanol–water partition coefficient (Wildman–Crippen LogP) is 2.19. The number of aliphatic hydroxyl groups excluding tert-OH is 1. The Morgan fingerprint density at radius 1 is 1.17 bits per heavy atom. The quantitative estimate of drug-likeness (QED) is 0.197. The summed E-state index contributed by atoms with van der Waals surface area (Å²) in [6.07, 6.45) is 3.35. The van der Waals surface area contributed by atoms with Crippen LogP contribution in [0, 0.1) is 5.92 Å². The van der Waals surface area contributed by atoms with Gasteiger partial charge in [0.25, 0.3) is 5.85 Å². The van der Waals surface area contributed by atoms with Crippen molar-refractivity contribution in [1.82, 2.24) is 20.4 Å². The number of aryl methyl sites for hydroxylation is 1. The predicted molar refractivity (Wildman–Crippen MR) is 155 cm³/mol. The van der Waals surface area contributed by atoms with Crippen LogP contribution in [0.4, 0.5) is 0 Å². The van der Waals surface area contributed by atoms with Gasteiger partial charge in [-0.05, 0) is 50.5 Å². The molecule has 0 aliphatic carbocycles. The smallest absolute Gasteiger partial charge is 0.349 e. The van der Waals surface area contributed by atoms with Crippen LogP contribution in [0.2, 0.25) is 0 Å². The third-order valence-electron chi connectivity index (χ3n) is 7.08. The van der Waals surface area contributed by atoms with Crippen molar-refractivity contribution in [2.24, 2.45) is 5.92 Å². The summed E-state index contributed by atoms with van der Waals surface area (Å²) in [6.45, 7) is 6.84. The van der Waals surface area contributed by atoms with Crippen molar-refractivity contribution < 1.29 is 33.6 Å². The van der Waals surface area contributed by atoms with Crippen LogP contribution in [0.1, 0.15) is 65.4 Å². The lowest BCUT2D eigenvalue weighted by atomic mass is 10.0. The van der Waals surface area contributed by atoms with E-state index in [-0.39, 0.29) is 37.0 Å². The summed E-state index contributed by atoms with van der Waals surface area (Å²) in [5, 5.41) is 15.6. The SMILES string of the molecule is CC(=O)N1CCC[C@H]1C(=O)N[C@@H](C)C(=O)NCC(O)[P+](=O)CN(C(=O)CCCc1ccccc1)[C@H](C=O)CC(C)C. The van der Waals surface area contributed by atoms with E-state index in [0.29, 0.717) is 44.9 Å². The van der Waals surface area contributed by atoms with Gasteiger partial charge in [0.1, 0.15) is 18.4 Å². The van der Waals surface area contributed by atoms with Gasteiger partial charge in [0.15, 0.2) is 0 Å². The number of nitrogens with zero attached hydrogens (tertiary/aromatic N) is 2. The van der Waals surface area contributed by atoms with Crippen LogP contribution < -0.4 is 10.6 Å². The van der Waals surface area contributed by atoms with Crippen molar-refractivity contribution >= 4 is 37.7 Å². The van der Waals surface area contributed by atoms with Crippen LogP contribution in [0.25, 0.3) is 0 Å². The molecule has 1 aromatic rings. The van der Waals surface area contributed by atoms with Gasteiger partial charge in [-0.1, -0.05) is 48.7 Å². The maximum atomic E-state index is 13.1. The maximum absolute atomic E-state index is 13.1. The zero-order valence-electron chi connectivity index (χ0n) is 24.5. The molecule has 2 rings (SSSR count). The topological polar surface area (TPSA) is 153 Å².